The van der Waals surface area contributed by atoms with E-state index in [9.17, 15) is 5.11 Å². The molecule has 1 unspecified atom stereocenters. The van der Waals surface area contributed by atoms with Crippen LogP contribution in [-0.4, -0.2) is 29.6 Å². The summed E-state index contributed by atoms with van der Waals surface area (Å²) in [4.78, 5) is 2.10. The number of amidine groups is 1. The molecule has 98 valence electrons. The third kappa shape index (κ3) is 2.84. The van der Waals surface area contributed by atoms with Gasteiger partial charge in [0.1, 0.15) is 5.84 Å². The maximum absolute atomic E-state index is 10.2. The molecular formula is C13H18BrN3O. The van der Waals surface area contributed by atoms with Crippen molar-refractivity contribution in [3.05, 3.63) is 28.2 Å². The molecule has 4 N–H and O–H groups in total. The van der Waals surface area contributed by atoms with Crippen molar-refractivity contribution in [1.29, 1.82) is 5.41 Å². The number of anilines is 1. The Hall–Kier alpha value is -1.07. The Morgan fingerprint density at radius 3 is 2.89 bits per heavy atom. The first-order valence-corrected chi connectivity index (χ1v) is 6.80. The topological polar surface area (TPSA) is 73.3 Å². The summed E-state index contributed by atoms with van der Waals surface area (Å²) in [6.07, 6.45) is 1.75. The van der Waals surface area contributed by atoms with Gasteiger partial charge in [-0.2, -0.15) is 0 Å². The number of rotatable bonds is 2. The lowest BCUT2D eigenvalue weighted by molar-refractivity contribution is 0.0449. The third-order valence-corrected chi connectivity index (χ3v) is 3.76. The molecule has 1 aliphatic heterocycles. The number of hydrogen-bond acceptors (Lipinski definition) is 3. The smallest absolute Gasteiger partial charge is 0.124 e. The van der Waals surface area contributed by atoms with E-state index in [4.69, 9.17) is 11.1 Å². The molecule has 1 aromatic rings. The zero-order valence-electron chi connectivity index (χ0n) is 10.4. The van der Waals surface area contributed by atoms with E-state index in [1.54, 1.807) is 0 Å². The monoisotopic (exact) mass is 311 g/mol. The summed E-state index contributed by atoms with van der Waals surface area (Å²) in [5, 5.41) is 17.8. The highest BCUT2D eigenvalue weighted by Gasteiger charge is 2.29. The largest absolute Gasteiger partial charge is 0.388 e. The van der Waals surface area contributed by atoms with E-state index < -0.39 is 5.60 Å². The summed E-state index contributed by atoms with van der Waals surface area (Å²) in [5.41, 5.74) is 6.58. The van der Waals surface area contributed by atoms with Crippen molar-refractivity contribution in [2.45, 2.75) is 25.4 Å². The lowest BCUT2D eigenvalue weighted by Gasteiger charge is -2.39. The Kier molecular flexibility index (Phi) is 3.64. The maximum Gasteiger partial charge on any atom is 0.124 e. The van der Waals surface area contributed by atoms with Crippen molar-refractivity contribution < 1.29 is 5.11 Å². The van der Waals surface area contributed by atoms with Gasteiger partial charge in [0.05, 0.1) is 5.60 Å². The van der Waals surface area contributed by atoms with Crippen LogP contribution in [0.15, 0.2) is 22.7 Å². The van der Waals surface area contributed by atoms with E-state index in [2.05, 4.69) is 20.8 Å². The number of benzene rings is 1. The first kappa shape index (κ1) is 13.4. The lowest BCUT2D eigenvalue weighted by atomic mass is 9.94. The Morgan fingerprint density at radius 1 is 1.56 bits per heavy atom. The van der Waals surface area contributed by atoms with Crippen molar-refractivity contribution in [2.75, 3.05) is 18.0 Å². The molecule has 4 nitrogen and oxygen atoms in total. The zero-order chi connectivity index (χ0) is 13.3. The SMILES string of the molecule is CC1(O)CCCN(c2cc(Br)ccc2C(=N)N)C1. The van der Waals surface area contributed by atoms with Gasteiger partial charge in [0.15, 0.2) is 0 Å². The number of nitrogen functional groups attached to an aromatic ring is 1. The van der Waals surface area contributed by atoms with Crippen molar-refractivity contribution in [3.63, 3.8) is 0 Å². The summed E-state index contributed by atoms with van der Waals surface area (Å²) in [6.45, 7) is 3.31. The molecule has 1 saturated heterocycles. The van der Waals surface area contributed by atoms with Gasteiger partial charge in [0, 0.05) is 28.8 Å². The fourth-order valence-corrected chi connectivity index (χ4v) is 2.77. The third-order valence-electron chi connectivity index (χ3n) is 3.27. The van der Waals surface area contributed by atoms with E-state index in [1.807, 2.05) is 25.1 Å². The summed E-state index contributed by atoms with van der Waals surface area (Å²) in [5.74, 6) is 0.0581. The molecule has 0 saturated carbocycles. The molecular weight excluding hydrogens is 294 g/mol. The number of nitrogens with one attached hydrogen (secondary N) is 1. The minimum Gasteiger partial charge on any atom is -0.388 e. The fraction of sp³-hybridized carbons (Fsp3) is 0.462. The van der Waals surface area contributed by atoms with E-state index in [1.165, 1.54) is 0 Å². The number of halogens is 1. The lowest BCUT2D eigenvalue weighted by Crippen LogP contribution is -2.46. The molecule has 18 heavy (non-hydrogen) atoms. The van der Waals surface area contributed by atoms with Gasteiger partial charge < -0.3 is 15.7 Å². The zero-order valence-corrected chi connectivity index (χ0v) is 12.0. The van der Waals surface area contributed by atoms with Crippen LogP contribution in [0, 0.1) is 5.41 Å². The molecule has 0 aliphatic carbocycles. The van der Waals surface area contributed by atoms with Gasteiger partial charge in [0.25, 0.3) is 0 Å². The van der Waals surface area contributed by atoms with Gasteiger partial charge >= 0.3 is 0 Å². The second-order valence-electron chi connectivity index (χ2n) is 5.10. The highest BCUT2D eigenvalue weighted by atomic mass is 79.9. The van der Waals surface area contributed by atoms with Crippen molar-refractivity contribution in [1.82, 2.24) is 0 Å². The molecule has 0 spiro atoms. The number of nitrogens with two attached hydrogens (primary N) is 1. The average molecular weight is 312 g/mol. The highest BCUT2D eigenvalue weighted by molar-refractivity contribution is 9.10. The van der Waals surface area contributed by atoms with Crippen LogP contribution in [0.4, 0.5) is 5.69 Å². The molecule has 0 aromatic heterocycles. The van der Waals surface area contributed by atoms with E-state index in [0.29, 0.717) is 6.54 Å². The van der Waals surface area contributed by atoms with Crippen LogP contribution in [0.2, 0.25) is 0 Å². The van der Waals surface area contributed by atoms with Crippen molar-refractivity contribution in [3.8, 4) is 0 Å². The van der Waals surface area contributed by atoms with Crippen LogP contribution in [0.25, 0.3) is 0 Å². The van der Waals surface area contributed by atoms with Crippen molar-refractivity contribution >= 4 is 27.5 Å². The fourth-order valence-electron chi connectivity index (χ4n) is 2.42. The van der Waals surface area contributed by atoms with Crippen LogP contribution in [0.1, 0.15) is 25.3 Å². The molecule has 5 heteroatoms. The van der Waals surface area contributed by atoms with Crippen LogP contribution >= 0.6 is 15.9 Å². The average Bonchev–Trinajstić information content (AvgIpc) is 2.27. The molecule has 0 bridgehead atoms. The summed E-state index contributed by atoms with van der Waals surface area (Å²) in [6, 6.07) is 5.67. The first-order valence-electron chi connectivity index (χ1n) is 6.00. The number of nitrogens with zero attached hydrogens (tertiary/aromatic N) is 1. The number of piperidine rings is 1. The summed E-state index contributed by atoms with van der Waals surface area (Å²) < 4.78 is 0.952. The van der Waals surface area contributed by atoms with Gasteiger partial charge in [-0.15, -0.1) is 0 Å². The molecule has 1 atom stereocenters. The number of aliphatic hydroxyl groups is 1. The predicted octanol–water partition coefficient (Wildman–Crippen LogP) is 2.08. The molecule has 2 rings (SSSR count). The standard InChI is InChI=1S/C13H18BrN3O/c1-13(18)5-2-6-17(8-13)11-7-9(14)3-4-10(11)12(15)16/h3-4,7,18H,2,5-6,8H2,1H3,(H3,15,16). The minimum absolute atomic E-state index is 0.0581. The molecule has 1 aromatic carbocycles. The molecule has 1 heterocycles. The Labute approximate surface area is 115 Å². The Balaban J connectivity index is 2.37. The van der Waals surface area contributed by atoms with E-state index >= 15 is 0 Å². The summed E-state index contributed by atoms with van der Waals surface area (Å²) in [7, 11) is 0. The highest BCUT2D eigenvalue weighted by Crippen LogP contribution is 2.30. The van der Waals surface area contributed by atoms with Gasteiger partial charge in [-0.25, -0.2) is 0 Å². The second kappa shape index (κ2) is 4.90. The van der Waals surface area contributed by atoms with E-state index in [0.717, 1.165) is 35.1 Å². The molecule has 1 fully saturated rings. The summed E-state index contributed by atoms with van der Waals surface area (Å²) >= 11 is 3.44. The van der Waals surface area contributed by atoms with Crippen molar-refractivity contribution in [2.24, 2.45) is 5.73 Å². The van der Waals surface area contributed by atoms with Gasteiger partial charge in [-0.3, -0.25) is 5.41 Å². The number of hydrogen-bond donors (Lipinski definition) is 3. The maximum atomic E-state index is 10.2. The Bertz CT molecular complexity index is 473. The quantitative estimate of drug-likeness (QED) is 0.578. The van der Waals surface area contributed by atoms with Gasteiger partial charge in [-0.05, 0) is 38.0 Å². The molecule has 0 radical (unpaired) electrons. The second-order valence-corrected chi connectivity index (χ2v) is 6.01. The van der Waals surface area contributed by atoms with Gasteiger partial charge in [0.2, 0.25) is 0 Å². The molecule has 1 aliphatic rings. The number of β-amino-alcohol motifs (C(OH)–C–C–N with tert-alkyl or cyclic N) is 1. The van der Waals surface area contributed by atoms with Gasteiger partial charge in [-0.1, -0.05) is 15.9 Å². The first-order chi connectivity index (χ1) is 8.39. The van der Waals surface area contributed by atoms with Crippen LogP contribution in [0.3, 0.4) is 0 Å². The van der Waals surface area contributed by atoms with Crippen LogP contribution < -0.4 is 10.6 Å². The minimum atomic E-state index is -0.672. The van der Waals surface area contributed by atoms with E-state index in [-0.39, 0.29) is 5.84 Å². The Morgan fingerprint density at radius 2 is 2.28 bits per heavy atom. The van der Waals surface area contributed by atoms with Crippen LogP contribution in [-0.2, 0) is 0 Å². The normalized spacial score (nSPS) is 24.1. The predicted molar refractivity (Wildman–Crippen MR) is 77.2 cm³/mol. The van der Waals surface area contributed by atoms with Crippen LogP contribution in [0.5, 0.6) is 0 Å². The molecule has 0 amide bonds.